The van der Waals surface area contributed by atoms with Gasteiger partial charge >= 0.3 is 0 Å². The quantitative estimate of drug-likeness (QED) is 0.668. The van der Waals surface area contributed by atoms with E-state index >= 15 is 0 Å². The predicted octanol–water partition coefficient (Wildman–Crippen LogP) is 4.94. The maximum absolute atomic E-state index is 13.5. The Hall–Kier alpha value is -2.37. The number of benzene rings is 2. The number of amides is 1. The van der Waals surface area contributed by atoms with Gasteiger partial charge in [-0.15, -0.1) is 0 Å². The fraction of sp³-hybridized carbons (Fsp3) is 0.519. The molecule has 0 aliphatic carbocycles. The van der Waals surface area contributed by atoms with Gasteiger partial charge in [-0.2, -0.15) is 0 Å². The van der Waals surface area contributed by atoms with Crippen LogP contribution >= 0.6 is 0 Å². The molecule has 4 rings (SSSR count). The summed E-state index contributed by atoms with van der Waals surface area (Å²) >= 11 is 0. The first-order valence-electron chi connectivity index (χ1n) is 12.0. The van der Waals surface area contributed by atoms with Crippen molar-refractivity contribution in [3.05, 3.63) is 59.7 Å². The number of ether oxygens (including phenoxy) is 2. The van der Waals surface area contributed by atoms with Gasteiger partial charge in [-0.1, -0.05) is 36.2 Å². The number of carbonyl (C=O) groups is 1. The van der Waals surface area contributed by atoms with Crippen molar-refractivity contribution in [1.29, 1.82) is 0 Å². The van der Waals surface area contributed by atoms with Gasteiger partial charge < -0.3 is 14.8 Å². The normalized spacial score (nSPS) is 21.1. The number of carbonyl (C=O) groups excluding carboxylic acids is 1. The number of likely N-dealkylation sites (tertiary alicyclic amines) is 1. The lowest BCUT2D eigenvalue weighted by molar-refractivity contribution is -0.125. The van der Waals surface area contributed by atoms with Crippen LogP contribution in [0.4, 0.5) is 5.69 Å². The van der Waals surface area contributed by atoms with E-state index in [4.69, 9.17) is 9.47 Å². The molecule has 2 saturated heterocycles. The van der Waals surface area contributed by atoms with Gasteiger partial charge in [0.1, 0.15) is 12.4 Å². The molecule has 5 nitrogen and oxygen atoms in total. The van der Waals surface area contributed by atoms with E-state index in [1.54, 1.807) is 0 Å². The van der Waals surface area contributed by atoms with Gasteiger partial charge in [0, 0.05) is 31.5 Å². The minimum absolute atomic E-state index is 0.0409. The van der Waals surface area contributed by atoms with Gasteiger partial charge in [-0.25, -0.2) is 0 Å². The molecule has 2 heterocycles. The van der Waals surface area contributed by atoms with Crippen molar-refractivity contribution >= 4 is 11.6 Å². The van der Waals surface area contributed by atoms with Crippen molar-refractivity contribution in [2.24, 2.45) is 0 Å². The zero-order valence-corrected chi connectivity index (χ0v) is 19.4. The van der Waals surface area contributed by atoms with E-state index in [2.05, 4.69) is 42.3 Å². The molecule has 5 heteroatoms. The Kier molecular flexibility index (Phi) is 7.48. The molecule has 1 amide bonds. The van der Waals surface area contributed by atoms with E-state index in [0.29, 0.717) is 38.7 Å². The average molecular weight is 437 g/mol. The van der Waals surface area contributed by atoms with Crippen LogP contribution in [-0.2, 0) is 14.9 Å². The largest absolute Gasteiger partial charge is 0.492 e. The van der Waals surface area contributed by atoms with Crippen molar-refractivity contribution in [2.75, 3.05) is 38.2 Å². The third-order valence-electron chi connectivity index (χ3n) is 7.05. The van der Waals surface area contributed by atoms with E-state index in [9.17, 15) is 4.79 Å². The summed E-state index contributed by atoms with van der Waals surface area (Å²) in [6, 6.07) is 16.7. The van der Waals surface area contributed by atoms with Gasteiger partial charge in [-0.3, -0.25) is 9.69 Å². The summed E-state index contributed by atoms with van der Waals surface area (Å²) in [7, 11) is 0. The third kappa shape index (κ3) is 5.33. The van der Waals surface area contributed by atoms with Gasteiger partial charge in [0.25, 0.3) is 0 Å². The molecule has 2 aromatic rings. The number of piperidine rings is 1. The molecule has 0 radical (unpaired) electrons. The van der Waals surface area contributed by atoms with Crippen LogP contribution in [0, 0.1) is 6.92 Å². The second kappa shape index (κ2) is 10.5. The first kappa shape index (κ1) is 22.8. The minimum Gasteiger partial charge on any atom is -0.492 e. The van der Waals surface area contributed by atoms with Gasteiger partial charge in [-0.05, 0) is 75.9 Å². The highest BCUT2D eigenvalue weighted by Crippen LogP contribution is 2.36. The number of rotatable bonds is 7. The highest BCUT2D eigenvalue weighted by atomic mass is 16.5. The molecule has 2 fully saturated rings. The minimum atomic E-state index is -0.551. The van der Waals surface area contributed by atoms with Crippen LogP contribution < -0.4 is 10.1 Å². The SMILES string of the molecule is Cc1cccc(C2(C(=O)Nc3ccc(OCCN4CCCC[C@H]4C)cc3)CCOCC2)c1. The van der Waals surface area contributed by atoms with Crippen LogP contribution in [0.5, 0.6) is 5.75 Å². The molecular weight excluding hydrogens is 400 g/mol. The van der Waals surface area contributed by atoms with E-state index < -0.39 is 5.41 Å². The second-order valence-corrected chi connectivity index (χ2v) is 9.27. The molecule has 0 spiro atoms. The highest BCUT2D eigenvalue weighted by molar-refractivity contribution is 5.99. The van der Waals surface area contributed by atoms with Crippen LogP contribution in [0.3, 0.4) is 0 Å². The highest BCUT2D eigenvalue weighted by Gasteiger charge is 2.41. The monoisotopic (exact) mass is 436 g/mol. The Morgan fingerprint density at radius 2 is 1.94 bits per heavy atom. The van der Waals surface area contributed by atoms with Gasteiger partial charge in [0.2, 0.25) is 5.91 Å². The Labute approximate surface area is 192 Å². The summed E-state index contributed by atoms with van der Waals surface area (Å²) in [5.41, 5.74) is 2.49. The summed E-state index contributed by atoms with van der Waals surface area (Å²) in [5, 5.41) is 3.15. The average Bonchev–Trinajstić information content (AvgIpc) is 2.82. The zero-order chi connectivity index (χ0) is 22.4. The molecule has 172 valence electrons. The number of aryl methyl sites for hydroxylation is 1. The van der Waals surface area contributed by atoms with E-state index in [-0.39, 0.29) is 5.91 Å². The van der Waals surface area contributed by atoms with Crippen LogP contribution in [0.2, 0.25) is 0 Å². The Balaban J connectivity index is 1.37. The fourth-order valence-electron chi connectivity index (χ4n) is 4.97. The van der Waals surface area contributed by atoms with Gasteiger partial charge in [0.15, 0.2) is 0 Å². The summed E-state index contributed by atoms with van der Waals surface area (Å²) in [4.78, 5) is 16.0. The molecule has 1 atom stereocenters. The summed E-state index contributed by atoms with van der Waals surface area (Å²) < 4.78 is 11.5. The van der Waals surface area contributed by atoms with Crippen molar-refractivity contribution < 1.29 is 14.3 Å². The topological polar surface area (TPSA) is 50.8 Å². The molecule has 2 aromatic carbocycles. The standard InChI is InChI=1S/C27H36N2O3/c1-21-6-5-8-23(20-21)27(13-17-31-18-14-27)26(30)28-24-9-11-25(12-10-24)32-19-16-29-15-4-3-7-22(29)2/h5-6,8-12,20,22H,3-4,7,13-19H2,1-2H3,(H,28,30)/t22-/m1/s1. The lowest BCUT2D eigenvalue weighted by Gasteiger charge is -2.36. The van der Waals surface area contributed by atoms with Crippen LogP contribution in [-0.4, -0.2) is 49.8 Å². The number of nitrogens with one attached hydrogen (secondary N) is 1. The third-order valence-corrected chi connectivity index (χ3v) is 7.05. The summed E-state index contributed by atoms with van der Waals surface area (Å²) in [5.74, 6) is 0.881. The molecule has 0 aromatic heterocycles. The lowest BCUT2D eigenvalue weighted by atomic mass is 9.73. The van der Waals surface area contributed by atoms with Crippen LogP contribution in [0.25, 0.3) is 0 Å². The van der Waals surface area contributed by atoms with Crippen molar-refractivity contribution in [3.63, 3.8) is 0 Å². The van der Waals surface area contributed by atoms with E-state index in [0.717, 1.165) is 23.5 Å². The first-order valence-corrected chi connectivity index (χ1v) is 12.0. The maximum Gasteiger partial charge on any atom is 0.235 e. The second-order valence-electron chi connectivity index (χ2n) is 9.27. The lowest BCUT2D eigenvalue weighted by Crippen LogP contribution is -2.44. The van der Waals surface area contributed by atoms with Gasteiger partial charge in [0.05, 0.1) is 5.41 Å². The maximum atomic E-state index is 13.5. The predicted molar refractivity (Wildman–Crippen MR) is 128 cm³/mol. The van der Waals surface area contributed by atoms with Crippen molar-refractivity contribution in [3.8, 4) is 5.75 Å². The van der Waals surface area contributed by atoms with E-state index in [1.807, 2.05) is 30.3 Å². The Morgan fingerprint density at radius 3 is 2.66 bits per heavy atom. The fourth-order valence-corrected chi connectivity index (χ4v) is 4.97. The molecule has 1 N–H and O–H groups in total. The molecular formula is C27H36N2O3. The summed E-state index contributed by atoms with van der Waals surface area (Å²) in [6.45, 7) is 8.39. The molecule has 32 heavy (non-hydrogen) atoms. The molecule has 0 unspecified atom stereocenters. The summed E-state index contributed by atoms with van der Waals surface area (Å²) in [6.07, 6.45) is 5.29. The number of nitrogens with zero attached hydrogens (tertiary/aromatic N) is 1. The van der Waals surface area contributed by atoms with Crippen molar-refractivity contribution in [2.45, 2.75) is 57.4 Å². The Bertz CT molecular complexity index is 890. The zero-order valence-electron chi connectivity index (χ0n) is 19.4. The molecule has 2 aliphatic rings. The van der Waals surface area contributed by atoms with Crippen LogP contribution in [0.15, 0.2) is 48.5 Å². The number of anilines is 1. The van der Waals surface area contributed by atoms with Crippen molar-refractivity contribution in [1.82, 2.24) is 4.90 Å². The van der Waals surface area contributed by atoms with Crippen LogP contribution in [0.1, 0.15) is 50.2 Å². The Morgan fingerprint density at radius 1 is 1.16 bits per heavy atom. The smallest absolute Gasteiger partial charge is 0.235 e. The molecule has 2 aliphatic heterocycles. The van der Waals surface area contributed by atoms with E-state index in [1.165, 1.54) is 31.4 Å². The molecule has 0 bridgehead atoms. The number of hydrogen-bond acceptors (Lipinski definition) is 4. The molecule has 0 saturated carbocycles. The first-order chi connectivity index (χ1) is 15.6. The number of hydrogen-bond donors (Lipinski definition) is 1.